The highest BCUT2D eigenvalue weighted by Gasteiger charge is 2.18. The van der Waals surface area contributed by atoms with Gasteiger partial charge in [-0.25, -0.2) is 13.6 Å². The lowest BCUT2D eigenvalue weighted by Gasteiger charge is -2.14. The summed E-state index contributed by atoms with van der Waals surface area (Å²) in [6, 6.07) is 19.8. The summed E-state index contributed by atoms with van der Waals surface area (Å²) < 4.78 is 29.9. The Balaban J connectivity index is 1.55. The van der Waals surface area contributed by atoms with Crippen molar-refractivity contribution in [1.82, 2.24) is 9.88 Å². The number of carbonyl (C=O) groups excluding carboxylic acids is 1. The molecule has 0 aliphatic rings. The Labute approximate surface area is 232 Å². The van der Waals surface area contributed by atoms with Crippen molar-refractivity contribution in [3.8, 4) is 11.1 Å². The van der Waals surface area contributed by atoms with E-state index in [9.17, 15) is 18.4 Å². The Morgan fingerprint density at radius 1 is 0.795 bits per heavy atom. The van der Waals surface area contributed by atoms with Crippen molar-refractivity contribution >= 4 is 46.0 Å². The second kappa shape index (κ2) is 10.9. The molecule has 196 valence electrons. The van der Waals surface area contributed by atoms with E-state index in [0.29, 0.717) is 49.7 Å². The number of rotatable bonds is 7. The number of nitrogens with one attached hydrogen (secondary N) is 1. The molecule has 5 rings (SSSR count). The van der Waals surface area contributed by atoms with E-state index in [1.165, 1.54) is 24.3 Å². The van der Waals surface area contributed by atoms with Crippen LogP contribution in [0.2, 0.25) is 10.0 Å². The minimum Gasteiger partial charge on any atom is -0.478 e. The fourth-order valence-electron chi connectivity index (χ4n) is 4.48. The van der Waals surface area contributed by atoms with E-state index in [0.717, 1.165) is 11.6 Å². The summed E-state index contributed by atoms with van der Waals surface area (Å²) in [5, 5.41) is 13.6. The van der Waals surface area contributed by atoms with Crippen LogP contribution in [0.1, 0.15) is 31.8 Å². The quantitative estimate of drug-likeness (QED) is 0.214. The third-order valence-electron chi connectivity index (χ3n) is 6.23. The van der Waals surface area contributed by atoms with Gasteiger partial charge in [0.2, 0.25) is 0 Å². The van der Waals surface area contributed by atoms with Crippen LogP contribution in [0, 0.1) is 11.6 Å². The Morgan fingerprint density at radius 3 is 2.08 bits per heavy atom. The van der Waals surface area contributed by atoms with Crippen LogP contribution in [-0.2, 0) is 13.1 Å². The van der Waals surface area contributed by atoms with E-state index < -0.39 is 23.5 Å². The van der Waals surface area contributed by atoms with E-state index in [1.54, 1.807) is 42.5 Å². The van der Waals surface area contributed by atoms with Crippen molar-refractivity contribution in [3.05, 3.63) is 129 Å². The molecule has 0 bridgehead atoms. The van der Waals surface area contributed by atoms with Crippen LogP contribution in [0.15, 0.2) is 85.1 Å². The van der Waals surface area contributed by atoms with Crippen LogP contribution >= 0.6 is 23.2 Å². The summed E-state index contributed by atoms with van der Waals surface area (Å²) in [4.78, 5) is 24.6. The lowest BCUT2D eigenvalue weighted by atomic mass is 9.99. The van der Waals surface area contributed by atoms with Gasteiger partial charge in [0.05, 0.1) is 16.6 Å². The summed E-state index contributed by atoms with van der Waals surface area (Å²) in [5.74, 6) is -2.90. The maximum absolute atomic E-state index is 14.0. The summed E-state index contributed by atoms with van der Waals surface area (Å²) in [6.45, 7) is 0.512. The first kappa shape index (κ1) is 26.4. The largest absolute Gasteiger partial charge is 0.478 e. The number of fused-ring (bicyclic) bond motifs is 1. The number of benzene rings is 4. The van der Waals surface area contributed by atoms with E-state index >= 15 is 0 Å². The van der Waals surface area contributed by atoms with E-state index in [1.807, 2.05) is 16.8 Å². The Morgan fingerprint density at radius 2 is 1.44 bits per heavy atom. The third-order valence-corrected chi connectivity index (χ3v) is 6.67. The van der Waals surface area contributed by atoms with E-state index in [2.05, 4.69) is 5.32 Å². The van der Waals surface area contributed by atoms with Crippen molar-refractivity contribution < 1.29 is 23.5 Å². The van der Waals surface area contributed by atoms with Crippen LogP contribution in [0.5, 0.6) is 0 Å². The van der Waals surface area contributed by atoms with Crippen molar-refractivity contribution in [2.24, 2.45) is 0 Å². The van der Waals surface area contributed by atoms with Gasteiger partial charge in [-0.05, 0) is 82.9 Å². The van der Waals surface area contributed by atoms with Crippen molar-refractivity contribution in [2.45, 2.75) is 13.1 Å². The van der Waals surface area contributed by atoms with Crippen molar-refractivity contribution in [1.29, 1.82) is 0 Å². The normalized spacial score (nSPS) is 11.1. The molecule has 2 N–H and O–H groups in total. The lowest BCUT2D eigenvalue weighted by molar-refractivity contribution is 0.0696. The Kier molecular flexibility index (Phi) is 7.37. The molecular weight excluding hydrogens is 545 g/mol. The fourth-order valence-corrected chi connectivity index (χ4v) is 5.05. The summed E-state index contributed by atoms with van der Waals surface area (Å²) >= 11 is 12.4. The summed E-state index contributed by atoms with van der Waals surface area (Å²) in [7, 11) is 0. The molecule has 0 radical (unpaired) electrons. The number of amides is 1. The maximum Gasteiger partial charge on any atom is 0.335 e. The van der Waals surface area contributed by atoms with Gasteiger partial charge in [-0.15, -0.1) is 0 Å². The van der Waals surface area contributed by atoms with E-state index in [4.69, 9.17) is 28.3 Å². The molecule has 39 heavy (non-hydrogen) atoms. The molecule has 1 amide bonds. The molecule has 0 aliphatic heterocycles. The maximum atomic E-state index is 14.0. The van der Waals surface area contributed by atoms with Crippen LogP contribution in [0.25, 0.3) is 22.0 Å². The second-order valence-corrected chi connectivity index (χ2v) is 9.90. The minimum absolute atomic E-state index is 0.140. The average Bonchev–Trinajstić information content (AvgIpc) is 3.28. The number of halogens is 4. The Bertz CT molecular complexity index is 1690. The van der Waals surface area contributed by atoms with Gasteiger partial charge < -0.3 is 15.0 Å². The number of aromatic nitrogens is 1. The molecule has 0 saturated carbocycles. The molecule has 0 saturated heterocycles. The molecule has 0 spiro atoms. The lowest BCUT2D eigenvalue weighted by Crippen LogP contribution is -2.23. The number of hydrogen-bond acceptors (Lipinski definition) is 2. The molecule has 0 aliphatic carbocycles. The standard InChI is InChI=1S/C30H20Cl2F2N2O3/c31-23-7-18(8-24(32)13-23)16-36-6-5-20-9-21(22-10-25(33)14-26(34)11-22)12-27(28(20)36)29(37)35-15-17-1-3-19(4-2-17)30(38)39/h1-14H,15-16H2,(H,35,37)(H,38,39). The first-order valence-electron chi connectivity index (χ1n) is 11.8. The molecule has 9 heteroatoms. The topological polar surface area (TPSA) is 71.3 Å². The highest BCUT2D eigenvalue weighted by Crippen LogP contribution is 2.31. The SMILES string of the molecule is O=C(O)c1ccc(CNC(=O)c2cc(-c3cc(F)cc(F)c3)cc3ccn(Cc4cc(Cl)cc(Cl)c4)c23)cc1. The molecule has 5 nitrogen and oxygen atoms in total. The smallest absolute Gasteiger partial charge is 0.335 e. The van der Waals surface area contributed by atoms with Gasteiger partial charge in [0.25, 0.3) is 5.91 Å². The molecule has 1 aromatic heterocycles. The zero-order valence-electron chi connectivity index (χ0n) is 20.2. The van der Waals surface area contributed by atoms with Gasteiger partial charge in [0, 0.05) is 40.8 Å². The number of aromatic carboxylic acids is 1. The minimum atomic E-state index is -1.04. The number of hydrogen-bond donors (Lipinski definition) is 2. The number of carboxylic acids is 1. The van der Waals surface area contributed by atoms with Crippen LogP contribution < -0.4 is 5.32 Å². The summed E-state index contributed by atoms with van der Waals surface area (Å²) in [6.07, 6.45) is 1.82. The molecule has 4 aromatic carbocycles. The predicted molar refractivity (Wildman–Crippen MR) is 147 cm³/mol. The molecule has 1 heterocycles. The molecule has 0 fully saturated rings. The van der Waals surface area contributed by atoms with Crippen LogP contribution in [0.3, 0.4) is 0 Å². The zero-order valence-corrected chi connectivity index (χ0v) is 21.7. The molecule has 0 unspecified atom stereocenters. The van der Waals surface area contributed by atoms with Gasteiger partial charge in [-0.1, -0.05) is 35.3 Å². The fraction of sp³-hybridized carbons (Fsp3) is 0.0667. The van der Waals surface area contributed by atoms with E-state index in [-0.39, 0.29) is 12.1 Å². The van der Waals surface area contributed by atoms with Crippen LogP contribution in [-0.4, -0.2) is 21.6 Å². The number of carboxylic acid groups (broad SMARTS) is 1. The van der Waals surface area contributed by atoms with Crippen molar-refractivity contribution in [3.63, 3.8) is 0 Å². The average molecular weight is 565 g/mol. The molecular formula is C30H20Cl2F2N2O3. The molecule has 0 atom stereocenters. The van der Waals surface area contributed by atoms with Gasteiger partial charge >= 0.3 is 5.97 Å². The predicted octanol–water partition coefficient (Wildman–Crippen LogP) is 7.57. The summed E-state index contributed by atoms with van der Waals surface area (Å²) in [5.41, 5.74) is 3.35. The molecule has 5 aromatic rings. The number of carbonyl (C=O) groups is 2. The zero-order chi connectivity index (χ0) is 27.7. The van der Waals surface area contributed by atoms with Gasteiger partial charge in [0.1, 0.15) is 11.6 Å². The van der Waals surface area contributed by atoms with Crippen LogP contribution in [0.4, 0.5) is 8.78 Å². The second-order valence-electron chi connectivity index (χ2n) is 9.03. The van der Waals surface area contributed by atoms with Gasteiger partial charge in [0.15, 0.2) is 0 Å². The first-order chi connectivity index (χ1) is 18.7. The number of nitrogens with zero attached hydrogens (tertiary/aromatic N) is 1. The van der Waals surface area contributed by atoms with Crippen molar-refractivity contribution in [2.75, 3.05) is 0 Å². The monoisotopic (exact) mass is 564 g/mol. The third kappa shape index (κ3) is 5.95. The van der Waals surface area contributed by atoms with Gasteiger partial charge in [-0.2, -0.15) is 0 Å². The highest BCUT2D eigenvalue weighted by molar-refractivity contribution is 6.34. The Hall–Kier alpha value is -4.20. The highest BCUT2D eigenvalue weighted by atomic mass is 35.5. The van der Waals surface area contributed by atoms with Gasteiger partial charge in [-0.3, -0.25) is 4.79 Å². The first-order valence-corrected chi connectivity index (χ1v) is 12.6.